The molecule has 0 heterocycles. The fourth-order valence-electron chi connectivity index (χ4n) is 3.01. The van der Waals surface area contributed by atoms with Crippen LogP contribution in [-0.4, -0.2) is 46.4 Å². The van der Waals surface area contributed by atoms with Crippen LogP contribution in [0.3, 0.4) is 0 Å². The number of nitrogens with zero attached hydrogens (tertiary/aromatic N) is 1. The molecule has 9 heteroatoms. The molecule has 0 aliphatic rings. The number of sulfonamides is 1. The molecule has 7 nitrogen and oxygen atoms in total. The zero-order valence-corrected chi connectivity index (χ0v) is 20.3. The van der Waals surface area contributed by atoms with Crippen molar-refractivity contribution in [3.63, 3.8) is 0 Å². The number of methoxy groups -OCH3 is 2. The molecule has 33 heavy (non-hydrogen) atoms. The van der Waals surface area contributed by atoms with Crippen LogP contribution >= 0.6 is 11.8 Å². The van der Waals surface area contributed by atoms with Gasteiger partial charge in [-0.1, -0.05) is 30.3 Å². The van der Waals surface area contributed by atoms with Gasteiger partial charge in [0.15, 0.2) is 11.5 Å². The number of carbonyl (C=O) groups is 1. The first-order valence-electron chi connectivity index (χ1n) is 10.1. The van der Waals surface area contributed by atoms with E-state index in [2.05, 4.69) is 17.4 Å². The van der Waals surface area contributed by atoms with Gasteiger partial charge in [-0.2, -0.15) is 4.31 Å². The monoisotopic (exact) mass is 486 g/mol. The molecule has 0 fully saturated rings. The lowest BCUT2D eigenvalue weighted by atomic mass is 10.2. The highest BCUT2D eigenvalue weighted by Gasteiger charge is 2.24. The average molecular weight is 487 g/mol. The van der Waals surface area contributed by atoms with Crippen molar-refractivity contribution in [3.8, 4) is 11.5 Å². The Morgan fingerprint density at radius 1 is 0.939 bits per heavy atom. The van der Waals surface area contributed by atoms with Gasteiger partial charge < -0.3 is 14.8 Å². The van der Waals surface area contributed by atoms with E-state index in [0.717, 1.165) is 15.6 Å². The first kappa shape index (κ1) is 24.6. The van der Waals surface area contributed by atoms with Gasteiger partial charge in [-0.25, -0.2) is 8.42 Å². The van der Waals surface area contributed by atoms with Crippen LogP contribution in [0.25, 0.3) is 0 Å². The summed E-state index contributed by atoms with van der Waals surface area (Å²) in [6, 6.07) is 21.9. The summed E-state index contributed by atoms with van der Waals surface area (Å²) >= 11 is 1.73. The van der Waals surface area contributed by atoms with E-state index in [9.17, 15) is 13.2 Å². The van der Waals surface area contributed by atoms with Crippen molar-refractivity contribution >= 4 is 33.4 Å². The van der Waals surface area contributed by atoms with E-state index >= 15 is 0 Å². The van der Waals surface area contributed by atoms with Crippen molar-refractivity contribution in [1.82, 2.24) is 4.31 Å². The quantitative estimate of drug-likeness (QED) is 0.431. The molecule has 0 aromatic heterocycles. The normalized spacial score (nSPS) is 11.3. The topological polar surface area (TPSA) is 84.9 Å². The third-order valence-electron chi connectivity index (χ3n) is 4.82. The van der Waals surface area contributed by atoms with Crippen LogP contribution in [0.15, 0.2) is 82.6 Å². The van der Waals surface area contributed by atoms with Crippen molar-refractivity contribution in [2.24, 2.45) is 0 Å². The van der Waals surface area contributed by atoms with Gasteiger partial charge in [0.1, 0.15) is 0 Å². The van der Waals surface area contributed by atoms with Gasteiger partial charge in [0.25, 0.3) is 0 Å². The first-order valence-corrected chi connectivity index (χ1v) is 12.5. The Morgan fingerprint density at radius 3 is 2.24 bits per heavy atom. The number of carbonyl (C=O) groups excluding carboxylic acids is 1. The van der Waals surface area contributed by atoms with Crippen molar-refractivity contribution in [3.05, 3.63) is 78.4 Å². The number of thioether (sulfide) groups is 1. The van der Waals surface area contributed by atoms with Gasteiger partial charge in [0.05, 0.1) is 25.7 Å². The first-order chi connectivity index (χ1) is 15.8. The SMILES string of the molecule is COc1ccc(S(=O)(=O)N(C)CC(=O)Nc2ccc(CSc3ccccc3)cc2)cc1OC. The molecule has 174 valence electrons. The molecule has 3 aromatic carbocycles. The van der Waals surface area contributed by atoms with Crippen molar-refractivity contribution in [1.29, 1.82) is 0 Å². The molecule has 0 bridgehead atoms. The van der Waals surface area contributed by atoms with Gasteiger partial charge in [0.2, 0.25) is 15.9 Å². The lowest BCUT2D eigenvalue weighted by Gasteiger charge is -2.18. The Labute approximate surface area is 198 Å². The third kappa shape index (κ3) is 6.50. The Balaban J connectivity index is 1.58. The number of rotatable bonds is 10. The number of ether oxygens (including phenoxy) is 2. The number of amides is 1. The Morgan fingerprint density at radius 2 is 1.61 bits per heavy atom. The second-order valence-corrected chi connectivity index (χ2v) is 10.2. The minimum absolute atomic E-state index is 0.00992. The molecule has 3 rings (SSSR count). The highest BCUT2D eigenvalue weighted by Crippen LogP contribution is 2.30. The standard InChI is InChI=1S/C24H26N2O5S2/c1-26(33(28,29)21-13-14-22(30-2)23(15-21)31-3)16-24(27)25-19-11-9-18(10-12-19)17-32-20-7-5-4-6-8-20/h4-15H,16-17H2,1-3H3,(H,25,27). The predicted molar refractivity (Wildman–Crippen MR) is 130 cm³/mol. The largest absolute Gasteiger partial charge is 0.493 e. The number of anilines is 1. The number of benzene rings is 3. The highest BCUT2D eigenvalue weighted by atomic mass is 32.2. The number of likely N-dealkylation sites (N-methyl/N-ethyl adjacent to an activating group) is 1. The summed E-state index contributed by atoms with van der Waals surface area (Å²) in [5, 5.41) is 2.74. The predicted octanol–water partition coefficient (Wildman–Crippen LogP) is 4.26. The van der Waals surface area contributed by atoms with Crippen molar-refractivity contribution in [2.75, 3.05) is 33.1 Å². The van der Waals surface area contributed by atoms with Crippen LogP contribution in [-0.2, 0) is 20.6 Å². The summed E-state index contributed by atoms with van der Waals surface area (Å²) in [5.74, 6) is 1.09. The molecule has 0 atom stereocenters. The molecular formula is C24H26N2O5S2. The molecule has 0 saturated carbocycles. The minimum Gasteiger partial charge on any atom is -0.493 e. The summed E-state index contributed by atoms with van der Waals surface area (Å²) in [6.45, 7) is -0.331. The second kappa shape index (κ2) is 11.2. The Kier molecular flexibility index (Phi) is 8.37. The maximum absolute atomic E-state index is 12.9. The van der Waals surface area contributed by atoms with E-state index in [4.69, 9.17) is 9.47 Å². The summed E-state index contributed by atoms with van der Waals surface area (Å²) < 4.78 is 37.0. The van der Waals surface area contributed by atoms with Crippen LogP contribution in [0.4, 0.5) is 5.69 Å². The fraction of sp³-hybridized carbons (Fsp3) is 0.208. The zero-order chi connectivity index (χ0) is 23.8. The Hall–Kier alpha value is -3.01. The molecular weight excluding hydrogens is 460 g/mol. The van der Waals surface area contributed by atoms with Crippen molar-refractivity contribution < 1.29 is 22.7 Å². The van der Waals surface area contributed by atoms with Gasteiger partial charge in [-0.3, -0.25) is 4.79 Å². The average Bonchev–Trinajstić information content (AvgIpc) is 2.83. The maximum atomic E-state index is 12.9. The van der Waals surface area contributed by atoms with E-state index in [0.29, 0.717) is 17.2 Å². The molecule has 1 N–H and O–H groups in total. The van der Waals surface area contributed by atoms with Gasteiger partial charge >= 0.3 is 0 Å². The van der Waals surface area contributed by atoms with E-state index in [1.807, 2.05) is 42.5 Å². The number of hydrogen-bond acceptors (Lipinski definition) is 6. The molecule has 0 unspecified atom stereocenters. The smallest absolute Gasteiger partial charge is 0.243 e. The molecule has 3 aromatic rings. The summed E-state index contributed by atoms with van der Waals surface area (Å²) in [6.07, 6.45) is 0. The van der Waals surface area contributed by atoms with Crippen LogP contribution in [0.5, 0.6) is 11.5 Å². The molecule has 0 saturated heterocycles. The van der Waals surface area contributed by atoms with Gasteiger partial charge in [0, 0.05) is 29.4 Å². The van der Waals surface area contributed by atoms with E-state index < -0.39 is 15.9 Å². The third-order valence-corrected chi connectivity index (χ3v) is 7.70. The van der Waals surface area contributed by atoms with Crippen LogP contribution in [0, 0.1) is 0 Å². The molecule has 0 radical (unpaired) electrons. The zero-order valence-electron chi connectivity index (χ0n) is 18.6. The minimum atomic E-state index is -3.89. The molecule has 1 amide bonds. The summed E-state index contributed by atoms with van der Waals surface area (Å²) in [7, 11) is 0.364. The molecule has 0 spiro atoms. The molecule has 0 aliphatic heterocycles. The van der Waals surface area contributed by atoms with Gasteiger partial charge in [-0.05, 0) is 42.0 Å². The van der Waals surface area contributed by atoms with Crippen molar-refractivity contribution in [2.45, 2.75) is 15.5 Å². The van der Waals surface area contributed by atoms with Crippen LogP contribution in [0.2, 0.25) is 0 Å². The lowest BCUT2D eigenvalue weighted by molar-refractivity contribution is -0.116. The van der Waals surface area contributed by atoms with Gasteiger partial charge in [-0.15, -0.1) is 11.8 Å². The van der Waals surface area contributed by atoms with Crippen LogP contribution in [0.1, 0.15) is 5.56 Å². The Bertz CT molecular complexity index is 1180. The second-order valence-electron chi connectivity index (χ2n) is 7.12. The molecule has 0 aliphatic carbocycles. The van der Waals surface area contributed by atoms with E-state index in [1.54, 1.807) is 11.8 Å². The number of hydrogen-bond donors (Lipinski definition) is 1. The highest BCUT2D eigenvalue weighted by molar-refractivity contribution is 7.98. The number of nitrogens with one attached hydrogen (secondary N) is 1. The maximum Gasteiger partial charge on any atom is 0.243 e. The summed E-state index contributed by atoms with van der Waals surface area (Å²) in [5.41, 5.74) is 1.72. The van der Waals surface area contributed by atoms with E-state index in [-0.39, 0.29) is 11.4 Å². The lowest BCUT2D eigenvalue weighted by Crippen LogP contribution is -2.35. The summed E-state index contributed by atoms with van der Waals surface area (Å²) in [4.78, 5) is 13.7. The van der Waals surface area contributed by atoms with Crippen LogP contribution < -0.4 is 14.8 Å². The van der Waals surface area contributed by atoms with E-state index in [1.165, 1.54) is 44.4 Å². The fourth-order valence-corrected chi connectivity index (χ4v) is 5.03.